The molecule has 0 unspecified atom stereocenters. The molecule has 0 saturated heterocycles. The highest BCUT2D eigenvalue weighted by molar-refractivity contribution is 5.75. The molecular formula is C13H12F3N3. The van der Waals surface area contributed by atoms with Gasteiger partial charge in [-0.15, -0.1) is 0 Å². The molecule has 0 radical (unpaired) electrons. The molecule has 4 N–H and O–H groups in total. The molecule has 0 aliphatic heterocycles. The minimum Gasteiger partial charge on any atom is -0.397 e. The van der Waals surface area contributed by atoms with Crippen LogP contribution in [0, 0.1) is 0 Å². The molecule has 0 amide bonds. The van der Waals surface area contributed by atoms with E-state index in [0.717, 1.165) is 6.07 Å². The third-order valence-electron chi connectivity index (χ3n) is 2.70. The predicted molar refractivity (Wildman–Crippen MR) is 67.0 cm³/mol. The molecule has 0 fully saturated rings. The molecule has 1 aromatic carbocycles. The number of nitrogens with zero attached hydrogens (tertiary/aromatic N) is 1. The Morgan fingerprint density at radius 3 is 2.42 bits per heavy atom. The molecule has 19 heavy (non-hydrogen) atoms. The summed E-state index contributed by atoms with van der Waals surface area (Å²) in [5.74, 6) is 0. The molecular weight excluding hydrogens is 255 g/mol. The molecule has 1 heterocycles. The second-order valence-electron chi connectivity index (χ2n) is 4.03. The quantitative estimate of drug-likeness (QED) is 0.879. The van der Waals surface area contributed by atoms with Crippen molar-refractivity contribution in [1.29, 1.82) is 0 Å². The average Bonchev–Trinajstić information content (AvgIpc) is 2.37. The maximum Gasteiger partial charge on any atom is 0.417 e. The second-order valence-corrected chi connectivity index (χ2v) is 4.03. The van der Waals surface area contributed by atoms with Gasteiger partial charge in [0.15, 0.2) is 0 Å². The summed E-state index contributed by atoms with van der Waals surface area (Å²) in [6.45, 7) is 0.235. The highest BCUT2D eigenvalue weighted by atomic mass is 19.4. The van der Waals surface area contributed by atoms with Gasteiger partial charge in [-0.2, -0.15) is 13.2 Å². The summed E-state index contributed by atoms with van der Waals surface area (Å²) in [5, 5.41) is 0. The maximum atomic E-state index is 12.9. The standard InChI is InChI=1S/C13H12F3N3/c14-13(15,16)10-4-2-1-3-9(10)12-11(18)5-8(6-17)7-19-12/h1-5,7H,6,17-18H2. The van der Waals surface area contributed by atoms with Gasteiger partial charge in [0.2, 0.25) is 0 Å². The van der Waals surface area contributed by atoms with Crippen LogP contribution in [0.3, 0.4) is 0 Å². The van der Waals surface area contributed by atoms with Crippen molar-refractivity contribution in [3.05, 3.63) is 47.7 Å². The SMILES string of the molecule is NCc1cnc(-c2ccccc2C(F)(F)F)c(N)c1. The van der Waals surface area contributed by atoms with Gasteiger partial charge in [0, 0.05) is 18.3 Å². The van der Waals surface area contributed by atoms with Crippen LogP contribution in [0.2, 0.25) is 0 Å². The van der Waals surface area contributed by atoms with Crippen LogP contribution < -0.4 is 11.5 Å². The largest absolute Gasteiger partial charge is 0.417 e. The highest BCUT2D eigenvalue weighted by Crippen LogP contribution is 2.37. The number of rotatable bonds is 2. The van der Waals surface area contributed by atoms with Gasteiger partial charge in [-0.25, -0.2) is 0 Å². The van der Waals surface area contributed by atoms with Crippen LogP contribution in [0.25, 0.3) is 11.3 Å². The fourth-order valence-corrected chi connectivity index (χ4v) is 1.80. The Kier molecular flexibility index (Phi) is 3.44. The Hall–Kier alpha value is -2.08. The molecule has 0 atom stereocenters. The van der Waals surface area contributed by atoms with Crippen molar-refractivity contribution in [2.24, 2.45) is 5.73 Å². The van der Waals surface area contributed by atoms with E-state index in [2.05, 4.69) is 4.98 Å². The number of nitrogens with two attached hydrogens (primary N) is 2. The minimum atomic E-state index is -4.45. The number of hydrogen-bond acceptors (Lipinski definition) is 3. The van der Waals surface area contributed by atoms with Crippen molar-refractivity contribution < 1.29 is 13.2 Å². The highest BCUT2D eigenvalue weighted by Gasteiger charge is 2.34. The van der Waals surface area contributed by atoms with Crippen molar-refractivity contribution in [1.82, 2.24) is 4.98 Å². The van der Waals surface area contributed by atoms with Crippen molar-refractivity contribution in [2.45, 2.75) is 12.7 Å². The molecule has 2 rings (SSSR count). The molecule has 0 aliphatic rings. The van der Waals surface area contributed by atoms with E-state index >= 15 is 0 Å². The van der Waals surface area contributed by atoms with Crippen LogP contribution in [0.5, 0.6) is 0 Å². The third kappa shape index (κ3) is 2.68. The number of alkyl halides is 3. The van der Waals surface area contributed by atoms with Crippen LogP contribution in [-0.2, 0) is 12.7 Å². The smallest absolute Gasteiger partial charge is 0.397 e. The van der Waals surface area contributed by atoms with Gasteiger partial charge in [0.1, 0.15) is 0 Å². The fourth-order valence-electron chi connectivity index (χ4n) is 1.80. The van der Waals surface area contributed by atoms with Gasteiger partial charge in [-0.05, 0) is 17.7 Å². The Morgan fingerprint density at radius 2 is 1.84 bits per heavy atom. The van der Waals surface area contributed by atoms with Crippen LogP contribution in [-0.4, -0.2) is 4.98 Å². The number of halogens is 3. The van der Waals surface area contributed by atoms with Gasteiger partial charge < -0.3 is 11.5 Å². The van der Waals surface area contributed by atoms with Gasteiger partial charge in [0.05, 0.1) is 16.9 Å². The molecule has 100 valence electrons. The number of aromatic nitrogens is 1. The Morgan fingerprint density at radius 1 is 1.16 bits per heavy atom. The van der Waals surface area contributed by atoms with Gasteiger partial charge in [-0.1, -0.05) is 18.2 Å². The maximum absolute atomic E-state index is 12.9. The Bertz CT molecular complexity index is 594. The molecule has 0 saturated carbocycles. The van der Waals surface area contributed by atoms with Crippen molar-refractivity contribution in [3.63, 3.8) is 0 Å². The van der Waals surface area contributed by atoms with E-state index in [-0.39, 0.29) is 23.5 Å². The molecule has 6 heteroatoms. The van der Waals surface area contributed by atoms with Crippen LogP contribution >= 0.6 is 0 Å². The molecule has 0 spiro atoms. The number of benzene rings is 1. The van der Waals surface area contributed by atoms with E-state index < -0.39 is 11.7 Å². The second kappa shape index (κ2) is 4.89. The van der Waals surface area contributed by atoms with Gasteiger partial charge >= 0.3 is 6.18 Å². The summed E-state index contributed by atoms with van der Waals surface area (Å²) in [5.41, 5.74) is 11.4. The monoisotopic (exact) mass is 267 g/mol. The van der Waals surface area contributed by atoms with E-state index in [9.17, 15) is 13.2 Å². The predicted octanol–water partition coefficient (Wildman–Crippen LogP) is 2.81. The van der Waals surface area contributed by atoms with Gasteiger partial charge in [-0.3, -0.25) is 4.98 Å². The average molecular weight is 267 g/mol. The summed E-state index contributed by atoms with van der Waals surface area (Å²) < 4.78 is 38.8. The first-order valence-electron chi connectivity index (χ1n) is 5.54. The number of nitrogen functional groups attached to an aromatic ring is 1. The molecule has 2 aromatic rings. The summed E-state index contributed by atoms with van der Waals surface area (Å²) in [7, 11) is 0. The van der Waals surface area contributed by atoms with Crippen molar-refractivity contribution in [2.75, 3.05) is 5.73 Å². The van der Waals surface area contributed by atoms with Crippen molar-refractivity contribution >= 4 is 5.69 Å². The van der Waals surface area contributed by atoms with E-state index in [0.29, 0.717) is 5.56 Å². The third-order valence-corrected chi connectivity index (χ3v) is 2.70. The number of pyridine rings is 1. The summed E-state index contributed by atoms with van der Waals surface area (Å²) in [6.07, 6.45) is -3.02. The summed E-state index contributed by atoms with van der Waals surface area (Å²) in [4.78, 5) is 3.99. The Balaban J connectivity index is 2.60. The van der Waals surface area contributed by atoms with Gasteiger partial charge in [0.25, 0.3) is 0 Å². The van der Waals surface area contributed by atoms with Crippen molar-refractivity contribution in [3.8, 4) is 11.3 Å². The molecule has 1 aromatic heterocycles. The van der Waals surface area contributed by atoms with E-state index in [1.54, 1.807) is 0 Å². The normalized spacial score (nSPS) is 11.6. The fraction of sp³-hybridized carbons (Fsp3) is 0.154. The first-order chi connectivity index (χ1) is 8.93. The zero-order chi connectivity index (χ0) is 14.0. The Labute approximate surface area is 108 Å². The van der Waals surface area contributed by atoms with E-state index in [4.69, 9.17) is 11.5 Å². The molecule has 0 bridgehead atoms. The minimum absolute atomic E-state index is 0.0314. The topological polar surface area (TPSA) is 64.9 Å². The van der Waals surface area contributed by atoms with E-state index in [1.165, 1.54) is 30.5 Å². The lowest BCUT2D eigenvalue weighted by Gasteiger charge is -2.13. The van der Waals surface area contributed by atoms with Crippen LogP contribution in [0.1, 0.15) is 11.1 Å². The van der Waals surface area contributed by atoms with Crippen LogP contribution in [0.4, 0.5) is 18.9 Å². The summed E-state index contributed by atoms with van der Waals surface area (Å²) in [6, 6.07) is 6.74. The van der Waals surface area contributed by atoms with E-state index in [1.807, 2.05) is 0 Å². The number of hydrogen-bond donors (Lipinski definition) is 2. The zero-order valence-electron chi connectivity index (χ0n) is 9.91. The lowest BCUT2D eigenvalue weighted by Crippen LogP contribution is -2.08. The molecule has 0 aliphatic carbocycles. The first-order valence-corrected chi connectivity index (χ1v) is 5.54. The van der Waals surface area contributed by atoms with Crippen LogP contribution in [0.15, 0.2) is 36.5 Å². The summed E-state index contributed by atoms with van der Waals surface area (Å²) >= 11 is 0. The lowest BCUT2D eigenvalue weighted by molar-refractivity contribution is -0.137. The number of anilines is 1. The lowest BCUT2D eigenvalue weighted by atomic mass is 10.0. The first kappa shape index (κ1) is 13.4. The molecule has 3 nitrogen and oxygen atoms in total. The zero-order valence-corrected chi connectivity index (χ0v) is 9.91.